The number of hydrogen-bond donors (Lipinski definition) is 1. The third-order valence-corrected chi connectivity index (χ3v) is 7.72. The first-order valence-corrected chi connectivity index (χ1v) is 10.6. The van der Waals surface area contributed by atoms with Gasteiger partial charge in [0.2, 0.25) is 17.7 Å². The Hall–Kier alpha value is -2.99. The second-order valence-corrected chi connectivity index (χ2v) is 8.90. The van der Waals surface area contributed by atoms with E-state index in [0.29, 0.717) is 5.69 Å². The highest BCUT2D eigenvalue weighted by molar-refractivity contribution is 6.26. The zero-order valence-corrected chi connectivity index (χ0v) is 17.0. The number of amides is 3. The Kier molecular flexibility index (Phi) is 3.44. The molecule has 152 valence electrons. The summed E-state index contributed by atoms with van der Waals surface area (Å²) in [5.41, 5.74) is 3.09. The van der Waals surface area contributed by atoms with Gasteiger partial charge in [-0.25, -0.2) is 4.90 Å². The summed E-state index contributed by atoms with van der Waals surface area (Å²) in [6, 6.07) is 13.2. The summed E-state index contributed by atoms with van der Waals surface area (Å²) in [5, 5.41) is 3.00. The molecular formula is C24H23N3O3. The lowest BCUT2D eigenvalue weighted by molar-refractivity contribution is -0.135. The minimum Gasteiger partial charge on any atom is -0.324 e. The molecule has 0 saturated carbocycles. The molecule has 6 heteroatoms. The van der Waals surface area contributed by atoms with Crippen LogP contribution >= 0.6 is 0 Å². The molecule has 3 saturated heterocycles. The molecule has 3 amide bonds. The number of aryl methyl sites for hydroxylation is 1. The van der Waals surface area contributed by atoms with Crippen LogP contribution < -0.4 is 10.2 Å². The van der Waals surface area contributed by atoms with E-state index in [2.05, 4.69) is 10.2 Å². The van der Waals surface area contributed by atoms with Crippen molar-refractivity contribution in [1.29, 1.82) is 0 Å². The van der Waals surface area contributed by atoms with Gasteiger partial charge >= 0.3 is 0 Å². The van der Waals surface area contributed by atoms with Crippen molar-refractivity contribution in [2.45, 2.75) is 38.3 Å². The predicted molar refractivity (Wildman–Crippen MR) is 112 cm³/mol. The number of carbonyl (C=O) groups is 3. The predicted octanol–water partition coefficient (Wildman–Crippen LogP) is 2.73. The van der Waals surface area contributed by atoms with Crippen LogP contribution in [-0.2, 0) is 19.9 Å². The molecule has 0 aliphatic carbocycles. The molecule has 6 rings (SSSR count). The number of imide groups is 1. The molecule has 2 aromatic rings. The lowest BCUT2D eigenvalue weighted by atomic mass is 9.75. The zero-order chi connectivity index (χ0) is 20.8. The molecule has 0 radical (unpaired) electrons. The first kappa shape index (κ1) is 17.8. The molecule has 0 aromatic heterocycles. The first-order chi connectivity index (χ1) is 14.5. The SMILES string of the molecule is Cc1cccc(N2C(=O)[C@H]3[C@@H](C2=O)[C@]2(C(=O)Nc4ccccc42)N2CCC[C@@H]32)c1C. The molecule has 1 spiro atoms. The molecule has 0 unspecified atom stereocenters. The maximum atomic E-state index is 13.9. The monoisotopic (exact) mass is 401 g/mol. The molecule has 2 aromatic carbocycles. The summed E-state index contributed by atoms with van der Waals surface area (Å²) < 4.78 is 0. The highest BCUT2D eigenvalue weighted by atomic mass is 16.2. The fourth-order valence-electron chi connectivity index (χ4n) is 6.37. The van der Waals surface area contributed by atoms with Gasteiger partial charge in [-0.2, -0.15) is 0 Å². The van der Waals surface area contributed by atoms with Crippen LogP contribution in [0.3, 0.4) is 0 Å². The van der Waals surface area contributed by atoms with E-state index in [1.165, 1.54) is 4.90 Å². The second-order valence-electron chi connectivity index (χ2n) is 8.90. The van der Waals surface area contributed by atoms with Crippen molar-refractivity contribution in [1.82, 2.24) is 4.90 Å². The fourth-order valence-corrected chi connectivity index (χ4v) is 6.37. The highest BCUT2D eigenvalue weighted by Crippen LogP contribution is 2.60. The van der Waals surface area contributed by atoms with Gasteiger partial charge in [-0.3, -0.25) is 19.3 Å². The Morgan fingerprint density at radius 3 is 2.63 bits per heavy atom. The van der Waals surface area contributed by atoms with Gasteiger partial charge in [0.05, 0.1) is 17.5 Å². The highest BCUT2D eigenvalue weighted by Gasteiger charge is 2.74. The Labute approximate surface area is 174 Å². The summed E-state index contributed by atoms with van der Waals surface area (Å²) in [5.74, 6) is -1.77. The topological polar surface area (TPSA) is 69.7 Å². The number of hydrogen-bond acceptors (Lipinski definition) is 4. The van der Waals surface area contributed by atoms with E-state index in [0.717, 1.165) is 41.8 Å². The number of nitrogens with one attached hydrogen (secondary N) is 1. The van der Waals surface area contributed by atoms with Crippen LogP contribution in [0.4, 0.5) is 11.4 Å². The largest absolute Gasteiger partial charge is 0.324 e. The van der Waals surface area contributed by atoms with Crippen molar-refractivity contribution in [3.05, 3.63) is 59.2 Å². The molecule has 4 aliphatic heterocycles. The molecule has 30 heavy (non-hydrogen) atoms. The van der Waals surface area contributed by atoms with Gasteiger partial charge < -0.3 is 5.32 Å². The second kappa shape index (κ2) is 5.79. The van der Waals surface area contributed by atoms with Crippen LogP contribution in [0, 0.1) is 25.7 Å². The average Bonchev–Trinajstić information content (AvgIpc) is 3.43. The molecule has 3 fully saturated rings. The molecule has 4 atom stereocenters. The van der Waals surface area contributed by atoms with E-state index < -0.39 is 17.4 Å². The van der Waals surface area contributed by atoms with E-state index >= 15 is 0 Å². The van der Waals surface area contributed by atoms with E-state index in [4.69, 9.17) is 0 Å². The van der Waals surface area contributed by atoms with Gasteiger partial charge in [-0.1, -0.05) is 30.3 Å². The van der Waals surface area contributed by atoms with Crippen LogP contribution in [0.5, 0.6) is 0 Å². The van der Waals surface area contributed by atoms with Gasteiger partial charge in [-0.05, 0) is 56.5 Å². The van der Waals surface area contributed by atoms with Gasteiger partial charge in [0, 0.05) is 17.3 Å². The molecule has 1 N–H and O–H groups in total. The number of para-hydroxylation sites is 1. The van der Waals surface area contributed by atoms with Crippen molar-refractivity contribution in [3.63, 3.8) is 0 Å². The van der Waals surface area contributed by atoms with Gasteiger partial charge in [0.1, 0.15) is 5.54 Å². The summed E-state index contributed by atoms with van der Waals surface area (Å²) >= 11 is 0. The van der Waals surface area contributed by atoms with Crippen molar-refractivity contribution in [3.8, 4) is 0 Å². The van der Waals surface area contributed by atoms with E-state index in [9.17, 15) is 14.4 Å². The molecular weight excluding hydrogens is 378 g/mol. The minimum atomic E-state index is -1.10. The van der Waals surface area contributed by atoms with Gasteiger partial charge in [0.15, 0.2) is 0 Å². The normalized spacial score (nSPS) is 32.0. The molecule has 6 nitrogen and oxygen atoms in total. The quantitative estimate of drug-likeness (QED) is 0.746. The summed E-state index contributed by atoms with van der Waals surface area (Å²) in [4.78, 5) is 44.7. The van der Waals surface area contributed by atoms with Crippen LogP contribution in [0.2, 0.25) is 0 Å². The number of fused-ring (bicyclic) bond motifs is 7. The lowest BCUT2D eigenvalue weighted by Crippen LogP contribution is -2.54. The summed E-state index contributed by atoms with van der Waals surface area (Å²) in [6.07, 6.45) is 1.76. The zero-order valence-electron chi connectivity index (χ0n) is 17.0. The maximum Gasteiger partial charge on any atom is 0.250 e. The van der Waals surface area contributed by atoms with Crippen molar-refractivity contribution >= 4 is 29.1 Å². The average molecular weight is 401 g/mol. The first-order valence-electron chi connectivity index (χ1n) is 10.6. The third kappa shape index (κ3) is 1.86. The van der Waals surface area contributed by atoms with E-state index in [1.54, 1.807) is 0 Å². The Morgan fingerprint density at radius 1 is 1.00 bits per heavy atom. The van der Waals surface area contributed by atoms with Crippen LogP contribution in [-0.4, -0.2) is 35.2 Å². The summed E-state index contributed by atoms with van der Waals surface area (Å²) in [6.45, 7) is 4.64. The van der Waals surface area contributed by atoms with Crippen molar-refractivity contribution in [2.75, 3.05) is 16.8 Å². The van der Waals surface area contributed by atoms with E-state index in [-0.39, 0.29) is 23.8 Å². The molecule has 0 bridgehead atoms. The van der Waals surface area contributed by atoms with Crippen LogP contribution in [0.15, 0.2) is 42.5 Å². The lowest BCUT2D eigenvalue weighted by Gasteiger charge is -2.36. The minimum absolute atomic E-state index is 0.0847. The Morgan fingerprint density at radius 2 is 1.80 bits per heavy atom. The van der Waals surface area contributed by atoms with Crippen LogP contribution in [0.25, 0.3) is 0 Å². The molecule has 4 heterocycles. The maximum absolute atomic E-state index is 13.9. The van der Waals surface area contributed by atoms with Gasteiger partial charge in [0.25, 0.3) is 0 Å². The standard InChI is InChI=1S/C24H23N3O3/c1-13-7-5-10-17(14(13)2)27-21(28)19-18-11-6-12-26(18)24(20(19)22(27)29)15-8-3-4-9-16(15)25-23(24)30/h3-5,7-10,18-20H,6,11-12H2,1-2H3,(H,25,30)/t18-,19+,20-,24+/m0/s1. The number of rotatable bonds is 1. The number of benzene rings is 2. The Balaban J connectivity index is 1.57. The number of anilines is 2. The third-order valence-electron chi connectivity index (χ3n) is 7.72. The fraction of sp³-hybridized carbons (Fsp3) is 0.375. The molecule has 4 aliphatic rings. The smallest absolute Gasteiger partial charge is 0.250 e. The van der Waals surface area contributed by atoms with Gasteiger partial charge in [-0.15, -0.1) is 0 Å². The van der Waals surface area contributed by atoms with Crippen molar-refractivity contribution in [2.24, 2.45) is 11.8 Å². The van der Waals surface area contributed by atoms with Crippen LogP contribution in [0.1, 0.15) is 29.5 Å². The number of nitrogens with zero attached hydrogens (tertiary/aromatic N) is 2. The van der Waals surface area contributed by atoms with Crippen molar-refractivity contribution < 1.29 is 14.4 Å². The number of carbonyl (C=O) groups excluding carboxylic acids is 3. The summed E-state index contributed by atoms with van der Waals surface area (Å²) in [7, 11) is 0. The van der Waals surface area contributed by atoms with E-state index in [1.807, 2.05) is 56.3 Å². The Bertz CT molecular complexity index is 1140.